The molecular formula is C20H26N2O4. The number of carbonyl (C=O) groups is 3. The summed E-state index contributed by atoms with van der Waals surface area (Å²) in [4.78, 5) is 36.2. The van der Waals surface area contributed by atoms with Gasteiger partial charge in [0.25, 0.3) is 0 Å². The van der Waals surface area contributed by atoms with Crippen molar-refractivity contribution in [1.29, 1.82) is 0 Å². The van der Waals surface area contributed by atoms with Gasteiger partial charge in [0.2, 0.25) is 11.8 Å². The largest absolute Gasteiger partial charge is 0.481 e. The molecule has 3 rings (SSSR count). The van der Waals surface area contributed by atoms with E-state index in [0.717, 1.165) is 38.0 Å². The van der Waals surface area contributed by atoms with Crippen molar-refractivity contribution in [2.75, 3.05) is 19.6 Å². The van der Waals surface area contributed by atoms with Gasteiger partial charge in [0.05, 0.1) is 5.92 Å². The second-order valence-electron chi connectivity index (χ2n) is 7.28. The third kappa shape index (κ3) is 4.69. The topological polar surface area (TPSA) is 86.7 Å². The number of likely N-dealkylation sites (tertiary alicyclic amines) is 1. The quantitative estimate of drug-likeness (QED) is 0.762. The molecule has 2 saturated heterocycles. The van der Waals surface area contributed by atoms with Crippen LogP contribution in [-0.4, -0.2) is 47.4 Å². The van der Waals surface area contributed by atoms with Gasteiger partial charge in [0.1, 0.15) is 0 Å². The van der Waals surface area contributed by atoms with E-state index in [2.05, 4.69) is 22.3 Å². The van der Waals surface area contributed by atoms with Crippen LogP contribution < -0.4 is 5.32 Å². The molecule has 2 heterocycles. The van der Waals surface area contributed by atoms with Gasteiger partial charge in [-0.15, -0.1) is 0 Å². The molecule has 2 aliphatic heterocycles. The number of nitrogens with one attached hydrogen (secondary N) is 1. The van der Waals surface area contributed by atoms with Gasteiger partial charge in [-0.1, -0.05) is 24.3 Å². The van der Waals surface area contributed by atoms with Crippen LogP contribution in [0.3, 0.4) is 0 Å². The van der Waals surface area contributed by atoms with E-state index in [1.54, 1.807) is 0 Å². The van der Waals surface area contributed by atoms with Crippen molar-refractivity contribution >= 4 is 17.8 Å². The molecule has 1 aromatic rings. The summed E-state index contributed by atoms with van der Waals surface area (Å²) in [5.74, 6) is -0.808. The van der Waals surface area contributed by atoms with Crippen molar-refractivity contribution in [3.63, 3.8) is 0 Å². The maximum absolute atomic E-state index is 12.0. The number of nitrogens with zero attached hydrogens (tertiary/aromatic N) is 1. The van der Waals surface area contributed by atoms with E-state index in [4.69, 9.17) is 5.11 Å². The van der Waals surface area contributed by atoms with Crippen LogP contribution in [0.15, 0.2) is 24.3 Å². The van der Waals surface area contributed by atoms with Crippen molar-refractivity contribution in [3.05, 3.63) is 35.4 Å². The highest BCUT2D eigenvalue weighted by Gasteiger charge is 2.28. The highest BCUT2D eigenvalue weighted by atomic mass is 16.4. The van der Waals surface area contributed by atoms with Gasteiger partial charge in [-0.25, -0.2) is 0 Å². The maximum Gasteiger partial charge on any atom is 0.303 e. The molecule has 2 fully saturated rings. The molecule has 1 atom stereocenters. The van der Waals surface area contributed by atoms with Crippen molar-refractivity contribution in [1.82, 2.24) is 10.2 Å². The first-order chi connectivity index (χ1) is 12.5. The number of rotatable bonds is 6. The van der Waals surface area contributed by atoms with E-state index in [0.29, 0.717) is 25.2 Å². The predicted octanol–water partition coefficient (Wildman–Crippen LogP) is 2.25. The second-order valence-corrected chi connectivity index (χ2v) is 7.28. The lowest BCUT2D eigenvalue weighted by atomic mass is 9.86. The number of carboxylic acids is 1. The Labute approximate surface area is 153 Å². The van der Waals surface area contributed by atoms with Gasteiger partial charge >= 0.3 is 5.97 Å². The Kier molecular flexibility index (Phi) is 6.04. The Morgan fingerprint density at radius 3 is 2.35 bits per heavy atom. The molecule has 1 aromatic carbocycles. The zero-order valence-electron chi connectivity index (χ0n) is 14.9. The number of piperidine rings is 2. The van der Waals surface area contributed by atoms with Gasteiger partial charge in [-0.2, -0.15) is 0 Å². The monoisotopic (exact) mass is 358 g/mol. The highest BCUT2D eigenvalue weighted by Crippen LogP contribution is 2.31. The number of carbonyl (C=O) groups excluding carboxylic acids is 2. The first-order valence-electron chi connectivity index (χ1n) is 9.40. The van der Waals surface area contributed by atoms with Crippen molar-refractivity contribution < 1.29 is 19.5 Å². The molecule has 0 saturated carbocycles. The zero-order chi connectivity index (χ0) is 18.5. The molecule has 2 amide bonds. The lowest BCUT2D eigenvalue weighted by molar-refractivity contribution is -0.137. The third-order valence-corrected chi connectivity index (χ3v) is 5.50. The summed E-state index contributed by atoms with van der Waals surface area (Å²) in [6.07, 6.45) is 4.08. The van der Waals surface area contributed by atoms with Gasteiger partial charge in [0.15, 0.2) is 0 Å². The number of hydrogen-bond acceptors (Lipinski definition) is 4. The smallest absolute Gasteiger partial charge is 0.303 e. The van der Waals surface area contributed by atoms with Crippen molar-refractivity contribution in [2.45, 2.75) is 50.4 Å². The van der Waals surface area contributed by atoms with Gasteiger partial charge in [0, 0.05) is 12.8 Å². The number of aliphatic carboxylic acids is 1. The van der Waals surface area contributed by atoms with Gasteiger partial charge < -0.3 is 10.0 Å². The molecule has 1 unspecified atom stereocenters. The summed E-state index contributed by atoms with van der Waals surface area (Å²) in [6.45, 7) is 2.85. The van der Waals surface area contributed by atoms with Crippen LogP contribution in [0.5, 0.6) is 0 Å². The Bertz CT molecular complexity index is 663. The Morgan fingerprint density at radius 2 is 1.73 bits per heavy atom. The van der Waals surface area contributed by atoms with Crippen LogP contribution in [0.25, 0.3) is 0 Å². The summed E-state index contributed by atoms with van der Waals surface area (Å²) in [7, 11) is 0. The molecule has 6 nitrogen and oxygen atoms in total. The number of benzene rings is 1. The van der Waals surface area contributed by atoms with E-state index >= 15 is 0 Å². The first kappa shape index (κ1) is 18.6. The molecule has 0 spiro atoms. The SMILES string of the molecule is O=C(O)CCCN1CCC(c2ccc(C3CCC(=O)NC3=O)cc2)CC1. The van der Waals surface area contributed by atoms with Crippen molar-refractivity contribution in [2.24, 2.45) is 0 Å². The molecule has 140 valence electrons. The number of amides is 2. The van der Waals surface area contributed by atoms with Crippen LogP contribution in [0.4, 0.5) is 0 Å². The van der Waals surface area contributed by atoms with Crippen LogP contribution in [-0.2, 0) is 14.4 Å². The van der Waals surface area contributed by atoms with E-state index in [9.17, 15) is 14.4 Å². The van der Waals surface area contributed by atoms with E-state index in [-0.39, 0.29) is 24.2 Å². The van der Waals surface area contributed by atoms with Crippen LogP contribution >= 0.6 is 0 Å². The maximum atomic E-state index is 12.0. The highest BCUT2D eigenvalue weighted by molar-refractivity contribution is 6.00. The normalized spacial score (nSPS) is 22.2. The number of hydrogen-bond donors (Lipinski definition) is 2. The summed E-state index contributed by atoms with van der Waals surface area (Å²) >= 11 is 0. The average Bonchev–Trinajstić information content (AvgIpc) is 2.62. The number of imide groups is 1. The lowest BCUT2D eigenvalue weighted by Crippen LogP contribution is -2.39. The van der Waals surface area contributed by atoms with E-state index < -0.39 is 5.97 Å². The molecule has 2 aliphatic rings. The lowest BCUT2D eigenvalue weighted by Gasteiger charge is -2.32. The number of carboxylic acid groups (broad SMARTS) is 1. The standard InChI is InChI=1S/C20H26N2O4/c23-18-8-7-17(20(26)21-18)16-5-3-14(4-6-16)15-9-12-22(13-10-15)11-1-2-19(24)25/h3-6,15,17H,1-2,7-13H2,(H,24,25)(H,21,23,26). The van der Waals surface area contributed by atoms with Gasteiger partial charge in [-0.3, -0.25) is 19.7 Å². The predicted molar refractivity (Wildman–Crippen MR) is 96.9 cm³/mol. The van der Waals surface area contributed by atoms with Gasteiger partial charge in [-0.05, 0) is 62.4 Å². The summed E-state index contributed by atoms with van der Waals surface area (Å²) in [5.41, 5.74) is 2.27. The Morgan fingerprint density at radius 1 is 1.08 bits per heavy atom. The summed E-state index contributed by atoms with van der Waals surface area (Å²) in [5, 5.41) is 11.1. The first-order valence-corrected chi connectivity index (χ1v) is 9.40. The van der Waals surface area contributed by atoms with Crippen molar-refractivity contribution in [3.8, 4) is 0 Å². The molecule has 0 aromatic heterocycles. The Balaban J connectivity index is 1.51. The third-order valence-electron chi connectivity index (χ3n) is 5.50. The molecule has 0 radical (unpaired) electrons. The summed E-state index contributed by atoms with van der Waals surface area (Å²) in [6, 6.07) is 8.27. The molecule has 6 heteroatoms. The zero-order valence-corrected chi connectivity index (χ0v) is 14.9. The minimum atomic E-state index is -0.726. The molecule has 26 heavy (non-hydrogen) atoms. The summed E-state index contributed by atoms with van der Waals surface area (Å²) < 4.78 is 0. The van der Waals surface area contributed by atoms with Crippen LogP contribution in [0.2, 0.25) is 0 Å². The average molecular weight is 358 g/mol. The minimum Gasteiger partial charge on any atom is -0.481 e. The molecule has 0 aliphatic carbocycles. The fourth-order valence-corrected chi connectivity index (χ4v) is 3.96. The molecular weight excluding hydrogens is 332 g/mol. The molecule has 2 N–H and O–H groups in total. The molecule has 0 bridgehead atoms. The fraction of sp³-hybridized carbons (Fsp3) is 0.550. The second kappa shape index (κ2) is 8.45. The van der Waals surface area contributed by atoms with Crippen LogP contribution in [0.1, 0.15) is 61.5 Å². The van der Waals surface area contributed by atoms with E-state index in [1.165, 1.54) is 5.56 Å². The fourth-order valence-electron chi connectivity index (χ4n) is 3.96. The Hall–Kier alpha value is -2.21. The van der Waals surface area contributed by atoms with E-state index in [1.807, 2.05) is 12.1 Å². The van der Waals surface area contributed by atoms with Crippen LogP contribution in [0, 0.1) is 0 Å². The minimum absolute atomic E-state index is 0.182.